The molecule has 1 atom stereocenters. The van der Waals surface area contributed by atoms with E-state index in [-0.39, 0.29) is 30.1 Å². The first-order valence-electron chi connectivity index (χ1n) is 6.40. The van der Waals surface area contributed by atoms with Crippen LogP contribution in [-0.2, 0) is 4.79 Å². The summed E-state index contributed by atoms with van der Waals surface area (Å²) in [5, 5.41) is 12.0. The van der Waals surface area contributed by atoms with Crippen LogP contribution in [0.25, 0.3) is 0 Å². The van der Waals surface area contributed by atoms with E-state index in [1.165, 1.54) is 12.1 Å². The van der Waals surface area contributed by atoms with E-state index in [2.05, 4.69) is 5.32 Å². The standard InChI is InChI=1S/C14H20ClFN2O2/c1-9(2)18(3)7-14(20)17-13(8-19)10-4-5-11(15)12(16)6-10/h4-6,9,13,19H,7-8H2,1-3H3,(H,17,20). The number of nitrogens with one attached hydrogen (secondary N) is 1. The van der Waals surface area contributed by atoms with Crippen LogP contribution in [0, 0.1) is 5.82 Å². The fourth-order valence-electron chi connectivity index (χ4n) is 1.61. The monoisotopic (exact) mass is 302 g/mol. The van der Waals surface area contributed by atoms with Crippen molar-refractivity contribution in [3.63, 3.8) is 0 Å². The molecule has 0 fully saturated rings. The van der Waals surface area contributed by atoms with Gasteiger partial charge in [-0.05, 0) is 38.6 Å². The van der Waals surface area contributed by atoms with Gasteiger partial charge >= 0.3 is 0 Å². The zero-order valence-electron chi connectivity index (χ0n) is 11.9. The molecule has 0 radical (unpaired) electrons. The van der Waals surface area contributed by atoms with E-state index in [1.54, 1.807) is 6.07 Å². The highest BCUT2D eigenvalue weighted by molar-refractivity contribution is 6.30. The molecule has 2 N–H and O–H groups in total. The predicted molar refractivity (Wildman–Crippen MR) is 77.1 cm³/mol. The summed E-state index contributed by atoms with van der Waals surface area (Å²) in [5.74, 6) is -0.799. The Morgan fingerprint density at radius 3 is 2.65 bits per heavy atom. The highest BCUT2D eigenvalue weighted by Crippen LogP contribution is 2.20. The van der Waals surface area contributed by atoms with Gasteiger partial charge in [0.05, 0.1) is 24.2 Å². The Hall–Kier alpha value is -1.17. The van der Waals surface area contributed by atoms with Crippen LogP contribution < -0.4 is 5.32 Å². The van der Waals surface area contributed by atoms with Gasteiger partial charge in [0, 0.05) is 6.04 Å². The van der Waals surface area contributed by atoms with Gasteiger partial charge in [0.1, 0.15) is 5.82 Å². The maximum Gasteiger partial charge on any atom is 0.234 e. The first-order chi connectivity index (χ1) is 9.35. The van der Waals surface area contributed by atoms with Crippen molar-refractivity contribution in [2.45, 2.75) is 25.9 Å². The van der Waals surface area contributed by atoms with Crippen LogP contribution in [0.5, 0.6) is 0 Å². The molecule has 0 aromatic heterocycles. The smallest absolute Gasteiger partial charge is 0.234 e. The molecule has 0 aliphatic heterocycles. The molecule has 0 saturated heterocycles. The normalized spacial score (nSPS) is 12.8. The minimum absolute atomic E-state index is 0.0105. The third kappa shape index (κ3) is 4.74. The molecule has 0 aliphatic rings. The molecule has 1 aromatic carbocycles. The van der Waals surface area contributed by atoms with E-state index in [0.717, 1.165) is 0 Å². The number of carbonyl (C=O) groups is 1. The van der Waals surface area contributed by atoms with E-state index in [9.17, 15) is 14.3 Å². The summed E-state index contributed by atoms with van der Waals surface area (Å²) in [6.45, 7) is 3.86. The zero-order valence-corrected chi connectivity index (χ0v) is 12.6. The lowest BCUT2D eigenvalue weighted by molar-refractivity contribution is -0.123. The fourth-order valence-corrected chi connectivity index (χ4v) is 1.73. The molecule has 0 heterocycles. The summed E-state index contributed by atoms with van der Waals surface area (Å²) < 4.78 is 13.4. The van der Waals surface area contributed by atoms with E-state index in [4.69, 9.17) is 11.6 Å². The van der Waals surface area contributed by atoms with Gasteiger partial charge in [-0.1, -0.05) is 17.7 Å². The molecule has 1 unspecified atom stereocenters. The number of amides is 1. The van der Waals surface area contributed by atoms with Crippen LogP contribution in [0.4, 0.5) is 4.39 Å². The van der Waals surface area contributed by atoms with E-state index in [0.29, 0.717) is 5.56 Å². The molecule has 0 aliphatic carbocycles. The van der Waals surface area contributed by atoms with Crippen molar-refractivity contribution < 1.29 is 14.3 Å². The topological polar surface area (TPSA) is 52.6 Å². The maximum atomic E-state index is 13.4. The highest BCUT2D eigenvalue weighted by Gasteiger charge is 2.17. The molecule has 0 bridgehead atoms. The first-order valence-corrected chi connectivity index (χ1v) is 6.78. The summed E-state index contributed by atoms with van der Waals surface area (Å²) in [6, 6.07) is 3.80. The Morgan fingerprint density at radius 2 is 2.15 bits per heavy atom. The van der Waals surface area contributed by atoms with E-state index < -0.39 is 11.9 Å². The molecule has 20 heavy (non-hydrogen) atoms. The summed E-state index contributed by atoms with van der Waals surface area (Å²) in [5.41, 5.74) is 0.481. The second-order valence-electron chi connectivity index (χ2n) is 4.99. The minimum atomic E-state index is -0.644. The van der Waals surface area contributed by atoms with Crippen molar-refractivity contribution in [2.75, 3.05) is 20.2 Å². The van der Waals surface area contributed by atoms with Gasteiger partial charge < -0.3 is 10.4 Å². The zero-order chi connectivity index (χ0) is 15.3. The molecule has 6 heteroatoms. The van der Waals surface area contributed by atoms with Gasteiger partial charge in [-0.2, -0.15) is 0 Å². The van der Waals surface area contributed by atoms with Crippen molar-refractivity contribution in [3.8, 4) is 0 Å². The molecule has 1 amide bonds. The summed E-state index contributed by atoms with van der Waals surface area (Å²) in [4.78, 5) is 13.7. The average molecular weight is 303 g/mol. The van der Waals surface area contributed by atoms with Crippen LogP contribution in [0.3, 0.4) is 0 Å². The number of carbonyl (C=O) groups excluding carboxylic acids is 1. The highest BCUT2D eigenvalue weighted by atomic mass is 35.5. The average Bonchev–Trinajstić information content (AvgIpc) is 2.39. The number of aliphatic hydroxyl groups excluding tert-OH is 1. The van der Waals surface area contributed by atoms with E-state index >= 15 is 0 Å². The number of rotatable bonds is 6. The Bertz CT molecular complexity index is 468. The Labute approximate surface area is 123 Å². The third-order valence-corrected chi connectivity index (χ3v) is 3.44. The summed E-state index contributed by atoms with van der Waals surface area (Å²) in [6.07, 6.45) is 0. The Balaban J connectivity index is 2.71. The van der Waals surface area contributed by atoms with Crippen LogP contribution in [0.15, 0.2) is 18.2 Å². The predicted octanol–water partition coefficient (Wildman–Crippen LogP) is 1.97. The summed E-state index contributed by atoms with van der Waals surface area (Å²) in [7, 11) is 1.83. The maximum absolute atomic E-state index is 13.4. The molecular formula is C14H20ClFN2O2. The van der Waals surface area contributed by atoms with Crippen LogP contribution in [-0.4, -0.2) is 42.2 Å². The SMILES string of the molecule is CC(C)N(C)CC(=O)NC(CO)c1ccc(Cl)c(F)c1. The minimum Gasteiger partial charge on any atom is -0.394 e. The Kier molecular flexibility index (Phi) is 6.39. The number of hydrogen-bond donors (Lipinski definition) is 2. The lowest BCUT2D eigenvalue weighted by Gasteiger charge is -2.23. The van der Waals surface area contributed by atoms with Gasteiger partial charge in [-0.15, -0.1) is 0 Å². The molecule has 1 aromatic rings. The lowest BCUT2D eigenvalue weighted by Crippen LogP contribution is -2.40. The lowest BCUT2D eigenvalue weighted by atomic mass is 10.1. The second kappa shape index (κ2) is 7.57. The molecule has 1 rings (SSSR count). The van der Waals surface area contributed by atoms with Gasteiger partial charge in [0.2, 0.25) is 5.91 Å². The van der Waals surface area contributed by atoms with Gasteiger partial charge in [-0.3, -0.25) is 9.69 Å². The molecule has 0 spiro atoms. The second-order valence-corrected chi connectivity index (χ2v) is 5.39. The molecule has 0 saturated carbocycles. The quantitative estimate of drug-likeness (QED) is 0.845. The van der Waals surface area contributed by atoms with Crippen molar-refractivity contribution in [1.29, 1.82) is 0 Å². The van der Waals surface area contributed by atoms with Crippen LogP contribution in [0.1, 0.15) is 25.5 Å². The van der Waals surface area contributed by atoms with Crippen molar-refractivity contribution in [2.24, 2.45) is 0 Å². The van der Waals surface area contributed by atoms with Gasteiger partial charge in [0.15, 0.2) is 0 Å². The van der Waals surface area contributed by atoms with Crippen LogP contribution >= 0.6 is 11.6 Å². The van der Waals surface area contributed by atoms with Crippen molar-refractivity contribution >= 4 is 17.5 Å². The van der Waals surface area contributed by atoms with Crippen molar-refractivity contribution in [1.82, 2.24) is 10.2 Å². The van der Waals surface area contributed by atoms with Crippen molar-refractivity contribution in [3.05, 3.63) is 34.6 Å². The van der Waals surface area contributed by atoms with Gasteiger partial charge in [-0.25, -0.2) is 4.39 Å². The number of nitrogens with zero attached hydrogens (tertiary/aromatic N) is 1. The fraction of sp³-hybridized carbons (Fsp3) is 0.500. The molecule has 4 nitrogen and oxygen atoms in total. The number of aliphatic hydroxyl groups is 1. The number of benzene rings is 1. The van der Waals surface area contributed by atoms with E-state index in [1.807, 2.05) is 25.8 Å². The largest absolute Gasteiger partial charge is 0.394 e. The van der Waals surface area contributed by atoms with Gasteiger partial charge in [0.25, 0.3) is 0 Å². The summed E-state index contributed by atoms with van der Waals surface area (Å²) >= 11 is 5.61. The number of hydrogen-bond acceptors (Lipinski definition) is 3. The first kappa shape index (κ1) is 16.9. The molecule has 112 valence electrons. The number of likely N-dealkylation sites (N-methyl/N-ethyl adjacent to an activating group) is 1. The third-order valence-electron chi connectivity index (χ3n) is 3.14. The van der Waals surface area contributed by atoms with Crippen LogP contribution in [0.2, 0.25) is 5.02 Å². The number of halogens is 2. The Morgan fingerprint density at radius 1 is 1.50 bits per heavy atom. The molecular weight excluding hydrogens is 283 g/mol.